The zero-order valence-corrected chi connectivity index (χ0v) is 18.2. The van der Waals surface area contributed by atoms with Gasteiger partial charge in [0.05, 0.1) is 6.54 Å². The molecule has 2 heterocycles. The smallest absolute Gasteiger partial charge is 0.325 e. The zero-order valence-electron chi connectivity index (χ0n) is 18.2. The molecule has 1 aromatic carbocycles. The highest BCUT2D eigenvalue weighted by atomic mass is 19.1. The molecule has 1 aliphatic heterocycles. The largest absolute Gasteiger partial charge is 0.345 e. The van der Waals surface area contributed by atoms with Crippen LogP contribution in [-0.4, -0.2) is 33.7 Å². The summed E-state index contributed by atoms with van der Waals surface area (Å²) < 4.78 is 15.6. The first kappa shape index (κ1) is 21.3. The molecule has 1 N–H and O–H groups in total. The first-order valence-corrected chi connectivity index (χ1v) is 10.9. The molecule has 1 unspecified atom stereocenters. The van der Waals surface area contributed by atoms with Crippen LogP contribution in [0.5, 0.6) is 0 Å². The molecule has 3 amide bonds. The Bertz CT molecular complexity index is 1040. The highest BCUT2D eigenvalue weighted by molar-refractivity contribution is 6.11. The van der Waals surface area contributed by atoms with E-state index in [9.17, 15) is 18.8 Å². The molecule has 1 saturated heterocycles. The number of benzene rings is 1. The van der Waals surface area contributed by atoms with Gasteiger partial charge in [0, 0.05) is 23.0 Å². The second kappa shape index (κ2) is 7.94. The fourth-order valence-electron chi connectivity index (χ4n) is 4.64. The van der Waals surface area contributed by atoms with Gasteiger partial charge in [-0.15, -0.1) is 0 Å². The van der Waals surface area contributed by atoms with Gasteiger partial charge >= 0.3 is 6.03 Å². The fourth-order valence-corrected chi connectivity index (χ4v) is 4.64. The number of nitrogens with zero attached hydrogens (tertiary/aromatic N) is 2. The Kier molecular flexibility index (Phi) is 5.45. The maximum Gasteiger partial charge on any atom is 0.325 e. The van der Waals surface area contributed by atoms with Crippen molar-refractivity contribution in [3.8, 4) is 0 Å². The lowest BCUT2D eigenvalue weighted by atomic mass is 9.84. The monoisotopic (exact) mass is 425 g/mol. The number of rotatable bonds is 8. The summed E-state index contributed by atoms with van der Waals surface area (Å²) in [6.45, 7) is 5.57. The Balaban J connectivity index is 1.61. The van der Waals surface area contributed by atoms with Gasteiger partial charge in [-0.05, 0) is 56.9 Å². The van der Waals surface area contributed by atoms with Gasteiger partial charge < -0.3 is 9.88 Å². The van der Waals surface area contributed by atoms with Gasteiger partial charge in [0.25, 0.3) is 5.91 Å². The van der Waals surface area contributed by atoms with E-state index in [1.807, 2.05) is 26.8 Å². The van der Waals surface area contributed by atoms with E-state index in [0.717, 1.165) is 35.6 Å². The van der Waals surface area contributed by atoms with Crippen LogP contribution in [-0.2, 0) is 10.3 Å². The molecule has 164 valence electrons. The quantitative estimate of drug-likeness (QED) is 0.503. The van der Waals surface area contributed by atoms with Crippen LogP contribution in [0.25, 0.3) is 0 Å². The minimum absolute atomic E-state index is 0.256. The van der Waals surface area contributed by atoms with E-state index in [0.29, 0.717) is 30.0 Å². The Labute approximate surface area is 181 Å². The van der Waals surface area contributed by atoms with Crippen LogP contribution in [0, 0.1) is 19.7 Å². The van der Waals surface area contributed by atoms with Crippen molar-refractivity contribution in [1.29, 1.82) is 0 Å². The van der Waals surface area contributed by atoms with Gasteiger partial charge in [0.1, 0.15) is 11.4 Å². The average molecular weight is 426 g/mol. The fraction of sp³-hybridized carbons (Fsp3) is 0.458. The van der Waals surface area contributed by atoms with Crippen molar-refractivity contribution < 1.29 is 18.8 Å². The van der Waals surface area contributed by atoms with E-state index in [1.54, 1.807) is 0 Å². The topological polar surface area (TPSA) is 71.4 Å². The third kappa shape index (κ3) is 3.66. The summed E-state index contributed by atoms with van der Waals surface area (Å²) in [6, 6.07) is 7.31. The van der Waals surface area contributed by atoms with Gasteiger partial charge in [-0.3, -0.25) is 14.5 Å². The summed E-state index contributed by atoms with van der Waals surface area (Å²) >= 11 is 0. The number of Topliss-reactive ketones (excluding diaryl/α,β-unsaturated/α-hetero) is 1. The molecule has 0 spiro atoms. The van der Waals surface area contributed by atoms with Gasteiger partial charge in [-0.1, -0.05) is 31.9 Å². The molecular weight excluding hydrogens is 397 g/mol. The molecule has 2 aliphatic rings. The minimum atomic E-state index is -1.27. The van der Waals surface area contributed by atoms with E-state index in [4.69, 9.17) is 0 Å². The van der Waals surface area contributed by atoms with Gasteiger partial charge in [-0.25, -0.2) is 9.18 Å². The molecule has 1 aliphatic carbocycles. The number of aryl methyl sites for hydroxylation is 1. The van der Waals surface area contributed by atoms with Crippen molar-refractivity contribution in [3.63, 3.8) is 0 Å². The standard InChI is InChI=1S/C24H28FN3O3/c1-4-5-12-24(17-6-8-18(25)9-7-17)22(30)27(23(31)26-24)14-21(29)20-13-15(2)28(16(20)3)19-10-11-19/h6-9,13,19H,4-5,10-12,14H2,1-3H3,(H,26,31). The van der Waals surface area contributed by atoms with Crippen LogP contribution < -0.4 is 5.32 Å². The third-order valence-corrected chi connectivity index (χ3v) is 6.42. The summed E-state index contributed by atoms with van der Waals surface area (Å²) in [5, 5.41) is 2.81. The predicted molar refractivity (Wildman–Crippen MR) is 114 cm³/mol. The van der Waals surface area contributed by atoms with Crippen molar-refractivity contribution in [2.24, 2.45) is 0 Å². The predicted octanol–water partition coefficient (Wildman–Crippen LogP) is 4.40. The number of carbonyl (C=O) groups excluding carboxylic acids is 3. The van der Waals surface area contributed by atoms with Crippen molar-refractivity contribution in [1.82, 2.24) is 14.8 Å². The zero-order chi connectivity index (χ0) is 22.3. The lowest BCUT2D eigenvalue weighted by molar-refractivity contribution is -0.131. The number of hydrogen-bond donors (Lipinski definition) is 1. The summed E-state index contributed by atoms with van der Waals surface area (Å²) in [4.78, 5) is 40.4. The minimum Gasteiger partial charge on any atom is -0.345 e. The van der Waals surface area contributed by atoms with E-state index < -0.39 is 23.3 Å². The Morgan fingerprint density at radius 1 is 1.19 bits per heavy atom. The molecule has 0 bridgehead atoms. The normalized spacial score (nSPS) is 21.0. The average Bonchev–Trinajstić information content (AvgIpc) is 3.48. The van der Waals surface area contributed by atoms with Crippen molar-refractivity contribution >= 4 is 17.7 Å². The van der Waals surface area contributed by atoms with E-state index >= 15 is 0 Å². The van der Waals surface area contributed by atoms with Gasteiger partial charge in [-0.2, -0.15) is 0 Å². The van der Waals surface area contributed by atoms with Crippen LogP contribution >= 0.6 is 0 Å². The van der Waals surface area contributed by atoms with Crippen molar-refractivity contribution in [2.75, 3.05) is 6.54 Å². The highest BCUT2D eigenvalue weighted by Gasteiger charge is 2.52. The second-order valence-electron chi connectivity index (χ2n) is 8.65. The maximum atomic E-state index is 13.5. The third-order valence-electron chi connectivity index (χ3n) is 6.42. The van der Waals surface area contributed by atoms with E-state index in [-0.39, 0.29) is 12.3 Å². The second-order valence-corrected chi connectivity index (χ2v) is 8.65. The molecule has 1 saturated carbocycles. The molecule has 31 heavy (non-hydrogen) atoms. The molecule has 2 aromatic rings. The van der Waals surface area contributed by atoms with E-state index in [1.165, 1.54) is 24.3 Å². The van der Waals surface area contributed by atoms with Crippen molar-refractivity contribution in [3.05, 3.63) is 58.7 Å². The SMILES string of the molecule is CCCCC1(c2ccc(F)cc2)NC(=O)N(CC(=O)c2cc(C)n(C3CC3)c2C)C1=O. The molecule has 0 radical (unpaired) electrons. The van der Waals surface area contributed by atoms with Crippen LogP contribution in [0.2, 0.25) is 0 Å². The van der Waals surface area contributed by atoms with Crippen molar-refractivity contribution in [2.45, 2.75) is 64.5 Å². The number of unbranched alkanes of at least 4 members (excludes halogenated alkanes) is 1. The number of halogens is 1. The molecule has 4 rings (SSSR count). The Morgan fingerprint density at radius 2 is 1.87 bits per heavy atom. The first-order chi connectivity index (χ1) is 14.8. The van der Waals surface area contributed by atoms with Crippen LogP contribution in [0.4, 0.5) is 9.18 Å². The number of carbonyl (C=O) groups is 3. The molecular formula is C24H28FN3O3. The van der Waals surface area contributed by atoms with Crippen LogP contribution in [0.1, 0.15) is 72.4 Å². The van der Waals surface area contributed by atoms with Gasteiger partial charge in [0.2, 0.25) is 0 Å². The van der Waals surface area contributed by atoms with Gasteiger partial charge in [0.15, 0.2) is 5.78 Å². The molecule has 1 atom stereocenters. The number of aromatic nitrogens is 1. The van der Waals surface area contributed by atoms with Crippen LogP contribution in [0.15, 0.2) is 30.3 Å². The molecule has 6 nitrogen and oxygen atoms in total. The summed E-state index contributed by atoms with van der Waals surface area (Å²) in [7, 11) is 0. The Morgan fingerprint density at radius 3 is 2.48 bits per heavy atom. The number of ketones is 1. The molecule has 1 aromatic heterocycles. The lowest BCUT2D eigenvalue weighted by Crippen LogP contribution is -2.44. The van der Waals surface area contributed by atoms with E-state index in [2.05, 4.69) is 9.88 Å². The maximum absolute atomic E-state index is 13.5. The number of nitrogens with one attached hydrogen (secondary N) is 1. The highest BCUT2D eigenvalue weighted by Crippen LogP contribution is 2.39. The van der Waals surface area contributed by atoms with Crippen LogP contribution in [0.3, 0.4) is 0 Å². The molecule has 2 fully saturated rings. The number of urea groups is 1. The molecule has 7 heteroatoms. The Hall–Kier alpha value is -2.96. The summed E-state index contributed by atoms with van der Waals surface area (Å²) in [5.74, 6) is -1.12. The summed E-state index contributed by atoms with van der Waals surface area (Å²) in [6.07, 6.45) is 4.13. The number of amides is 3. The first-order valence-electron chi connectivity index (χ1n) is 10.9. The number of imide groups is 1. The lowest BCUT2D eigenvalue weighted by Gasteiger charge is -2.27. The number of hydrogen-bond acceptors (Lipinski definition) is 3. The summed E-state index contributed by atoms with van der Waals surface area (Å²) in [5.41, 5.74) is 1.71.